The van der Waals surface area contributed by atoms with Crippen molar-refractivity contribution < 1.29 is 0 Å². The van der Waals surface area contributed by atoms with Crippen LogP contribution in [0.3, 0.4) is 0 Å². The van der Waals surface area contributed by atoms with Gasteiger partial charge in [0.1, 0.15) is 0 Å². The van der Waals surface area contributed by atoms with Gasteiger partial charge in [-0.05, 0) is 66.7 Å². The molecule has 0 radical (unpaired) electrons. The van der Waals surface area contributed by atoms with Crippen LogP contribution in [0.5, 0.6) is 0 Å². The van der Waals surface area contributed by atoms with Crippen LogP contribution >= 0.6 is 0 Å². The summed E-state index contributed by atoms with van der Waals surface area (Å²) in [4.78, 5) is 0. The summed E-state index contributed by atoms with van der Waals surface area (Å²) >= 11 is 0. The van der Waals surface area contributed by atoms with E-state index in [1.807, 2.05) is 0 Å². The first-order valence-corrected chi connectivity index (χ1v) is 6.69. The van der Waals surface area contributed by atoms with Crippen LogP contribution in [0.1, 0.15) is 19.8 Å². The van der Waals surface area contributed by atoms with Gasteiger partial charge >= 0.3 is 0 Å². The van der Waals surface area contributed by atoms with Gasteiger partial charge < -0.3 is 5.73 Å². The van der Waals surface area contributed by atoms with Crippen molar-refractivity contribution in [3.63, 3.8) is 0 Å². The molecule has 0 saturated heterocycles. The third-order valence-electron chi connectivity index (χ3n) is 6.29. The zero-order chi connectivity index (χ0) is 10.2. The van der Waals surface area contributed by atoms with Gasteiger partial charge in [0.25, 0.3) is 0 Å². The van der Waals surface area contributed by atoms with Gasteiger partial charge in [-0.1, -0.05) is 19.1 Å². The Morgan fingerprint density at radius 3 is 2.40 bits per heavy atom. The highest BCUT2D eigenvalue weighted by Crippen LogP contribution is 2.68. The second-order valence-electron chi connectivity index (χ2n) is 6.43. The molecule has 1 heteroatoms. The van der Waals surface area contributed by atoms with Crippen molar-refractivity contribution in [2.45, 2.75) is 19.8 Å². The molecule has 0 aromatic heterocycles. The van der Waals surface area contributed by atoms with Crippen molar-refractivity contribution in [2.24, 2.45) is 53.1 Å². The lowest BCUT2D eigenvalue weighted by Crippen LogP contribution is -2.38. The number of allylic oxidation sites excluding steroid dienone is 2. The average Bonchev–Trinajstić information content (AvgIpc) is 2.94. The van der Waals surface area contributed by atoms with Gasteiger partial charge in [-0.25, -0.2) is 0 Å². The van der Waals surface area contributed by atoms with Gasteiger partial charge in [-0.15, -0.1) is 0 Å². The summed E-state index contributed by atoms with van der Waals surface area (Å²) < 4.78 is 0. The Kier molecular flexibility index (Phi) is 1.58. The summed E-state index contributed by atoms with van der Waals surface area (Å²) in [6, 6.07) is 0. The molecule has 8 unspecified atom stereocenters. The molecule has 0 aromatic rings. The van der Waals surface area contributed by atoms with Crippen molar-refractivity contribution in [3.8, 4) is 0 Å². The van der Waals surface area contributed by atoms with Crippen molar-refractivity contribution in [1.29, 1.82) is 0 Å². The smallest absolute Gasteiger partial charge is 0.00435 e. The van der Waals surface area contributed by atoms with E-state index in [0.717, 1.165) is 53.9 Å². The van der Waals surface area contributed by atoms with Crippen LogP contribution in [0.25, 0.3) is 0 Å². The first-order valence-electron chi connectivity index (χ1n) is 6.69. The summed E-state index contributed by atoms with van der Waals surface area (Å²) in [5.74, 6) is 7.76. The molecule has 8 atom stereocenters. The molecular weight excluding hydrogens is 182 g/mol. The predicted octanol–water partition coefficient (Wildman–Crippen LogP) is 2.29. The minimum atomic E-state index is 0.851. The molecule has 4 rings (SSSR count). The maximum absolute atomic E-state index is 5.97. The lowest BCUT2D eigenvalue weighted by molar-refractivity contribution is 0.102. The Morgan fingerprint density at radius 1 is 1.07 bits per heavy atom. The molecule has 4 bridgehead atoms. The summed E-state index contributed by atoms with van der Waals surface area (Å²) in [5, 5.41) is 0. The molecule has 0 aromatic carbocycles. The molecule has 4 aliphatic carbocycles. The monoisotopic (exact) mass is 203 g/mol. The summed E-state index contributed by atoms with van der Waals surface area (Å²) in [6.07, 6.45) is 8.03. The van der Waals surface area contributed by atoms with E-state index in [-0.39, 0.29) is 0 Å². The first-order chi connectivity index (χ1) is 7.31. The number of hydrogen-bond acceptors (Lipinski definition) is 1. The highest BCUT2D eigenvalue weighted by Gasteiger charge is 2.62. The van der Waals surface area contributed by atoms with Gasteiger partial charge in [0.15, 0.2) is 0 Å². The van der Waals surface area contributed by atoms with E-state index in [1.54, 1.807) is 0 Å². The van der Waals surface area contributed by atoms with E-state index in [1.165, 1.54) is 12.8 Å². The van der Waals surface area contributed by atoms with E-state index in [2.05, 4.69) is 19.1 Å². The van der Waals surface area contributed by atoms with E-state index in [0.29, 0.717) is 0 Å². The molecule has 15 heavy (non-hydrogen) atoms. The molecule has 0 amide bonds. The summed E-state index contributed by atoms with van der Waals surface area (Å²) in [5.41, 5.74) is 5.97. The van der Waals surface area contributed by atoms with E-state index >= 15 is 0 Å². The van der Waals surface area contributed by atoms with Crippen LogP contribution < -0.4 is 5.73 Å². The zero-order valence-corrected chi connectivity index (χ0v) is 9.47. The van der Waals surface area contributed by atoms with E-state index < -0.39 is 0 Å². The van der Waals surface area contributed by atoms with Crippen LogP contribution in [0, 0.1) is 47.3 Å². The Hall–Kier alpha value is -0.300. The van der Waals surface area contributed by atoms with Crippen molar-refractivity contribution in [3.05, 3.63) is 12.2 Å². The van der Waals surface area contributed by atoms with Gasteiger partial charge in [-0.2, -0.15) is 0 Å². The molecule has 0 heterocycles. The predicted molar refractivity (Wildman–Crippen MR) is 61.0 cm³/mol. The standard InChI is InChI=1S/C14H21N/c1-7-10-5-11(12(7)6-15)14-9-3-2-8(4-9)13(10)14/h2-3,7-14H,4-6,15H2,1H3. The molecule has 82 valence electrons. The average molecular weight is 203 g/mol. The third-order valence-corrected chi connectivity index (χ3v) is 6.29. The van der Waals surface area contributed by atoms with E-state index in [4.69, 9.17) is 5.73 Å². The fraction of sp³-hybridized carbons (Fsp3) is 0.857. The second-order valence-corrected chi connectivity index (χ2v) is 6.43. The minimum absolute atomic E-state index is 0.851. The maximum atomic E-state index is 5.97. The van der Waals surface area contributed by atoms with Crippen LogP contribution in [0.15, 0.2) is 12.2 Å². The lowest BCUT2D eigenvalue weighted by atomic mass is 9.65. The van der Waals surface area contributed by atoms with Crippen LogP contribution in [-0.4, -0.2) is 6.54 Å². The fourth-order valence-corrected chi connectivity index (χ4v) is 5.86. The molecule has 3 fully saturated rings. The largest absolute Gasteiger partial charge is 0.330 e. The Balaban J connectivity index is 1.73. The quantitative estimate of drug-likeness (QED) is 0.513. The normalized spacial score (nSPS) is 64.1. The van der Waals surface area contributed by atoms with E-state index in [9.17, 15) is 0 Å². The highest BCUT2D eigenvalue weighted by atomic mass is 14.7. The molecular formula is C14H21N. The van der Waals surface area contributed by atoms with Crippen molar-refractivity contribution in [1.82, 2.24) is 0 Å². The van der Waals surface area contributed by atoms with Crippen molar-refractivity contribution >= 4 is 0 Å². The number of hydrogen-bond donors (Lipinski definition) is 1. The maximum Gasteiger partial charge on any atom is -0.00435 e. The molecule has 2 N–H and O–H groups in total. The fourth-order valence-electron chi connectivity index (χ4n) is 5.86. The third kappa shape index (κ3) is 0.860. The van der Waals surface area contributed by atoms with Gasteiger partial charge in [0.2, 0.25) is 0 Å². The molecule has 3 saturated carbocycles. The highest BCUT2D eigenvalue weighted by molar-refractivity contribution is 5.21. The van der Waals surface area contributed by atoms with Crippen molar-refractivity contribution in [2.75, 3.05) is 6.54 Å². The van der Waals surface area contributed by atoms with Crippen LogP contribution in [0.2, 0.25) is 0 Å². The van der Waals surface area contributed by atoms with Crippen LogP contribution in [0.4, 0.5) is 0 Å². The number of nitrogens with two attached hydrogens (primary N) is 1. The number of fused-ring (bicyclic) bond motifs is 9. The minimum Gasteiger partial charge on any atom is -0.330 e. The van der Waals surface area contributed by atoms with Gasteiger partial charge in [-0.3, -0.25) is 0 Å². The Labute approximate surface area is 92.1 Å². The molecule has 4 aliphatic rings. The van der Waals surface area contributed by atoms with Gasteiger partial charge in [0.05, 0.1) is 0 Å². The number of rotatable bonds is 1. The molecule has 1 nitrogen and oxygen atoms in total. The van der Waals surface area contributed by atoms with Crippen LogP contribution in [-0.2, 0) is 0 Å². The summed E-state index contributed by atoms with van der Waals surface area (Å²) in [7, 11) is 0. The topological polar surface area (TPSA) is 26.0 Å². The summed E-state index contributed by atoms with van der Waals surface area (Å²) in [6.45, 7) is 3.40. The lowest BCUT2D eigenvalue weighted by Gasteiger charge is -2.40. The Morgan fingerprint density at radius 2 is 1.73 bits per heavy atom. The second kappa shape index (κ2) is 2.68. The molecule has 0 spiro atoms. The first kappa shape index (κ1) is 8.81. The van der Waals surface area contributed by atoms with Gasteiger partial charge in [0, 0.05) is 0 Å². The molecule has 0 aliphatic heterocycles. The Bertz CT molecular complexity index is 321. The SMILES string of the molecule is CC1C(CN)C2CC1C1C3C=CC(C3)C21. The zero-order valence-electron chi connectivity index (χ0n) is 9.47.